The minimum absolute atomic E-state index is 1.09. The first-order valence-corrected chi connectivity index (χ1v) is 18.9. The molecular formula is C54H37N. The number of hydrogen-bond donors (Lipinski definition) is 0. The van der Waals surface area contributed by atoms with Crippen LogP contribution in [-0.2, 0) is 0 Å². The van der Waals surface area contributed by atoms with Crippen molar-refractivity contribution in [3.63, 3.8) is 0 Å². The van der Waals surface area contributed by atoms with E-state index in [-0.39, 0.29) is 0 Å². The van der Waals surface area contributed by atoms with Gasteiger partial charge in [-0.3, -0.25) is 0 Å². The van der Waals surface area contributed by atoms with Gasteiger partial charge in [-0.1, -0.05) is 194 Å². The summed E-state index contributed by atoms with van der Waals surface area (Å²) >= 11 is 0. The van der Waals surface area contributed by atoms with Gasteiger partial charge >= 0.3 is 0 Å². The van der Waals surface area contributed by atoms with Crippen LogP contribution in [-0.4, -0.2) is 0 Å². The number of para-hydroxylation sites is 1. The van der Waals surface area contributed by atoms with Crippen molar-refractivity contribution in [2.75, 3.05) is 4.90 Å². The summed E-state index contributed by atoms with van der Waals surface area (Å²) < 4.78 is 0. The lowest BCUT2D eigenvalue weighted by Crippen LogP contribution is -2.13. The fourth-order valence-electron chi connectivity index (χ4n) is 8.34. The smallest absolute Gasteiger partial charge is 0.0546 e. The first-order valence-electron chi connectivity index (χ1n) is 18.9. The third-order valence-electron chi connectivity index (χ3n) is 10.9. The quantitative estimate of drug-likeness (QED) is 0.150. The Balaban J connectivity index is 1.23. The van der Waals surface area contributed by atoms with E-state index in [0.717, 1.165) is 17.1 Å². The highest BCUT2D eigenvalue weighted by atomic mass is 15.1. The van der Waals surface area contributed by atoms with E-state index in [1.54, 1.807) is 0 Å². The maximum atomic E-state index is 2.47. The molecule has 0 aromatic heterocycles. The summed E-state index contributed by atoms with van der Waals surface area (Å²) in [5.74, 6) is 0. The zero-order valence-corrected chi connectivity index (χ0v) is 30.3. The van der Waals surface area contributed by atoms with Gasteiger partial charge in [0.25, 0.3) is 0 Å². The number of anilines is 3. The third-order valence-corrected chi connectivity index (χ3v) is 10.9. The Labute approximate surface area is 322 Å². The SMILES string of the molecule is c1ccc(-c2cccc(N(c3ccc(-c4cc5ccccc5c5ccccc45)cc3)c3ccccc3-c3cccc4ccccc34)c2-c2ccccc2)cc1. The minimum atomic E-state index is 1.09. The Morgan fingerprint density at radius 1 is 0.255 bits per heavy atom. The maximum absolute atomic E-state index is 2.47. The average molecular weight is 700 g/mol. The second-order valence-electron chi connectivity index (χ2n) is 14.0. The van der Waals surface area contributed by atoms with Crippen LogP contribution >= 0.6 is 0 Å². The molecule has 0 aliphatic rings. The third kappa shape index (κ3) is 5.84. The van der Waals surface area contributed by atoms with E-state index < -0.39 is 0 Å². The molecule has 0 heterocycles. The van der Waals surface area contributed by atoms with Crippen molar-refractivity contribution < 1.29 is 0 Å². The lowest BCUT2D eigenvalue weighted by Gasteiger charge is -2.31. The summed E-state index contributed by atoms with van der Waals surface area (Å²) in [7, 11) is 0. The van der Waals surface area contributed by atoms with Crippen LogP contribution in [0.2, 0.25) is 0 Å². The van der Waals surface area contributed by atoms with Crippen LogP contribution in [0.1, 0.15) is 0 Å². The molecular weight excluding hydrogens is 663 g/mol. The zero-order valence-electron chi connectivity index (χ0n) is 30.3. The molecule has 0 saturated carbocycles. The highest BCUT2D eigenvalue weighted by molar-refractivity contribution is 6.14. The molecule has 0 atom stereocenters. The number of benzene rings is 10. The Bertz CT molecular complexity index is 2960. The van der Waals surface area contributed by atoms with Crippen molar-refractivity contribution in [3.8, 4) is 44.5 Å². The molecule has 0 aliphatic carbocycles. The van der Waals surface area contributed by atoms with Gasteiger partial charge in [0, 0.05) is 16.8 Å². The van der Waals surface area contributed by atoms with Gasteiger partial charge in [-0.25, -0.2) is 0 Å². The van der Waals surface area contributed by atoms with Gasteiger partial charge in [-0.05, 0) is 96.0 Å². The van der Waals surface area contributed by atoms with E-state index >= 15 is 0 Å². The Morgan fingerprint density at radius 3 is 1.55 bits per heavy atom. The standard InChI is InChI=1S/C54H37N/c1-3-17-39(18-4-1)46-29-16-32-53(54(46)41-20-5-2-6-21-41)55(52-31-14-13-28-50(52)48-30-15-23-38-19-7-9-24-44(38)48)43-35-33-40(34-36-43)51-37-42-22-8-10-25-45(42)47-26-11-12-27-49(47)51/h1-37H. The van der Waals surface area contributed by atoms with Crippen LogP contribution in [0, 0.1) is 0 Å². The van der Waals surface area contributed by atoms with E-state index in [1.165, 1.54) is 76.8 Å². The van der Waals surface area contributed by atoms with Crippen LogP contribution in [0.5, 0.6) is 0 Å². The molecule has 10 aromatic carbocycles. The van der Waals surface area contributed by atoms with E-state index in [4.69, 9.17) is 0 Å². The van der Waals surface area contributed by atoms with Gasteiger partial charge in [0.1, 0.15) is 0 Å². The first kappa shape index (κ1) is 32.4. The molecule has 0 bridgehead atoms. The van der Waals surface area contributed by atoms with E-state index in [1.807, 2.05) is 0 Å². The fraction of sp³-hybridized carbons (Fsp3) is 0. The fourth-order valence-corrected chi connectivity index (χ4v) is 8.34. The normalized spacial score (nSPS) is 11.3. The Morgan fingerprint density at radius 2 is 0.764 bits per heavy atom. The first-order chi connectivity index (χ1) is 27.3. The van der Waals surface area contributed by atoms with Gasteiger partial charge in [-0.15, -0.1) is 0 Å². The van der Waals surface area contributed by atoms with Crippen molar-refractivity contribution in [2.24, 2.45) is 0 Å². The number of hydrogen-bond acceptors (Lipinski definition) is 1. The van der Waals surface area contributed by atoms with E-state index in [2.05, 4.69) is 229 Å². The van der Waals surface area contributed by atoms with Crippen LogP contribution in [0.4, 0.5) is 17.1 Å². The van der Waals surface area contributed by atoms with Crippen LogP contribution in [0.25, 0.3) is 76.8 Å². The second kappa shape index (κ2) is 14.0. The van der Waals surface area contributed by atoms with Gasteiger partial charge < -0.3 is 4.90 Å². The summed E-state index contributed by atoms with van der Waals surface area (Å²) in [6.45, 7) is 0. The van der Waals surface area contributed by atoms with Gasteiger partial charge in [0.05, 0.1) is 11.4 Å². The maximum Gasteiger partial charge on any atom is 0.0546 e. The summed E-state index contributed by atoms with van der Waals surface area (Å²) in [6, 6.07) is 81.5. The monoisotopic (exact) mass is 699 g/mol. The predicted octanol–water partition coefficient (Wildman–Crippen LogP) is 15.3. The van der Waals surface area contributed by atoms with E-state index in [0.29, 0.717) is 0 Å². The summed E-state index contributed by atoms with van der Waals surface area (Å²) in [5, 5.41) is 7.52. The summed E-state index contributed by atoms with van der Waals surface area (Å²) in [5.41, 5.74) is 12.9. The highest BCUT2D eigenvalue weighted by Gasteiger charge is 2.23. The van der Waals surface area contributed by atoms with Crippen LogP contribution in [0.15, 0.2) is 224 Å². The largest absolute Gasteiger partial charge is 0.309 e. The van der Waals surface area contributed by atoms with Gasteiger partial charge in [0.2, 0.25) is 0 Å². The molecule has 0 saturated heterocycles. The molecule has 55 heavy (non-hydrogen) atoms. The molecule has 0 amide bonds. The summed E-state index contributed by atoms with van der Waals surface area (Å²) in [6.07, 6.45) is 0. The number of rotatable bonds is 7. The van der Waals surface area contributed by atoms with Crippen LogP contribution < -0.4 is 4.90 Å². The predicted molar refractivity (Wildman–Crippen MR) is 235 cm³/mol. The van der Waals surface area contributed by atoms with Crippen molar-refractivity contribution in [1.82, 2.24) is 0 Å². The molecule has 0 radical (unpaired) electrons. The zero-order chi connectivity index (χ0) is 36.6. The van der Waals surface area contributed by atoms with Gasteiger partial charge in [-0.2, -0.15) is 0 Å². The average Bonchev–Trinajstić information content (AvgIpc) is 3.27. The van der Waals surface area contributed by atoms with Crippen molar-refractivity contribution in [1.29, 1.82) is 0 Å². The number of fused-ring (bicyclic) bond motifs is 4. The minimum Gasteiger partial charge on any atom is -0.309 e. The second-order valence-corrected chi connectivity index (χ2v) is 14.0. The lowest BCUT2D eigenvalue weighted by molar-refractivity contribution is 1.28. The van der Waals surface area contributed by atoms with Crippen molar-refractivity contribution >= 4 is 49.4 Å². The highest BCUT2D eigenvalue weighted by Crippen LogP contribution is 2.49. The Kier molecular flexibility index (Phi) is 8.24. The molecule has 10 aromatic rings. The molecule has 1 heteroatoms. The topological polar surface area (TPSA) is 3.24 Å². The van der Waals surface area contributed by atoms with E-state index in [9.17, 15) is 0 Å². The van der Waals surface area contributed by atoms with Crippen LogP contribution in [0.3, 0.4) is 0 Å². The molecule has 0 N–H and O–H groups in total. The molecule has 0 aliphatic heterocycles. The molecule has 10 rings (SSSR count). The molecule has 1 nitrogen and oxygen atoms in total. The summed E-state index contributed by atoms with van der Waals surface area (Å²) in [4.78, 5) is 2.47. The molecule has 258 valence electrons. The molecule has 0 unspecified atom stereocenters. The number of nitrogens with zero attached hydrogens (tertiary/aromatic N) is 1. The Hall–Kier alpha value is -7.22. The molecule has 0 spiro atoms. The molecule has 0 fully saturated rings. The van der Waals surface area contributed by atoms with Crippen molar-refractivity contribution in [2.45, 2.75) is 0 Å². The van der Waals surface area contributed by atoms with Crippen molar-refractivity contribution in [3.05, 3.63) is 224 Å². The van der Waals surface area contributed by atoms with Gasteiger partial charge in [0.15, 0.2) is 0 Å². The lowest BCUT2D eigenvalue weighted by atomic mass is 9.91.